The number of benzene rings is 1. The lowest BCUT2D eigenvalue weighted by Crippen LogP contribution is -2.49. The Balaban J connectivity index is 1.75. The molecule has 0 aromatic heterocycles. The molecule has 3 atom stereocenters. The van der Waals surface area contributed by atoms with E-state index in [-0.39, 0.29) is 18.4 Å². The molecule has 2 aliphatic rings. The number of aryl methyl sites for hydroxylation is 2. The highest BCUT2D eigenvalue weighted by molar-refractivity contribution is 5.89. The first kappa shape index (κ1) is 16.8. The summed E-state index contributed by atoms with van der Waals surface area (Å²) in [4.78, 5) is 24.3. The highest BCUT2D eigenvalue weighted by Gasteiger charge is 2.36. The Kier molecular flexibility index (Phi) is 4.76. The summed E-state index contributed by atoms with van der Waals surface area (Å²) in [6.45, 7) is 5.25. The molecule has 2 N–H and O–H groups in total. The lowest BCUT2D eigenvalue weighted by Gasteiger charge is -2.28. The zero-order valence-electron chi connectivity index (χ0n) is 14.0. The molecule has 1 aromatic rings. The van der Waals surface area contributed by atoms with Crippen LogP contribution in [-0.4, -0.2) is 42.8 Å². The van der Waals surface area contributed by atoms with E-state index >= 15 is 0 Å². The molecule has 1 fully saturated rings. The first-order valence-corrected chi connectivity index (χ1v) is 8.32. The van der Waals surface area contributed by atoms with Gasteiger partial charge < -0.3 is 19.9 Å². The molecule has 3 unspecified atom stereocenters. The average Bonchev–Trinajstić information content (AvgIpc) is 2.96. The Bertz CT molecular complexity index is 651. The number of aliphatic carboxylic acids is 1. The second-order valence-electron chi connectivity index (χ2n) is 6.64. The van der Waals surface area contributed by atoms with Crippen LogP contribution in [0.5, 0.6) is 5.75 Å². The van der Waals surface area contributed by atoms with Crippen LogP contribution in [0.25, 0.3) is 0 Å². The maximum atomic E-state index is 12.7. The molecule has 24 heavy (non-hydrogen) atoms. The lowest BCUT2D eigenvalue weighted by atomic mass is 9.92. The molecule has 1 saturated heterocycles. The molecule has 1 aromatic carbocycles. The van der Waals surface area contributed by atoms with Crippen molar-refractivity contribution in [1.82, 2.24) is 5.32 Å². The number of fused-ring (bicyclic) bond motifs is 1. The lowest BCUT2D eigenvalue weighted by molar-refractivity contribution is -0.145. The van der Waals surface area contributed by atoms with E-state index in [1.165, 1.54) is 0 Å². The summed E-state index contributed by atoms with van der Waals surface area (Å²) < 4.78 is 11.0. The van der Waals surface area contributed by atoms with Crippen molar-refractivity contribution in [3.8, 4) is 5.75 Å². The minimum Gasteiger partial charge on any atom is -0.492 e. The number of carbonyl (C=O) groups excluding carboxylic acids is 1. The van der Waals surface area contributed by atoms with Gasteiger partial charge in [-0.1, -0.05) is 6.07 Å². The fraction of sp³-hybridized carbons (Fsp3) is 0.556. The van der Waals surface area contributed by atoms with Gasteiger partial charge in [0.05, 0.1) is 6.61 Å². The molecule has 6 heteroatoms. The van der Waals surface area contributed by atoms with Crippen LogP contribution in [0.3, 0.4) is 0 Å². The van der Waals surface area contributed by atoms with Crippen molar-refractivity contribution in [2.75, 3.05) is 19.8 Å². The number of ether oxygens (including phenoxy) is 2. The van der Waals surface area contributed by atoms with Crippen LogP contribution >= 0.6 is 0 Å². The van der Waals surface area contributed by atoms with E-state index in [9.17, 15) is 14.7 Å². The number of nitrogens with one attached hydrogen (secondary N) is 1. The topological polar surface area (TPSA) is 84.9 Å². The maximum Gasteiger partial charge on any atom is 0.326 e. The number of amides is 1. The molecule has 2 heterocycles. The van der Waals surface area contributed by atoms with E-state index in [1.54, 1.807) is 0 Å². The molecule has 0 bridgehead atoms. The third-order valence-corrected chi connectivity index (χ3v) is 4.95. The number of rotatable bonds is 4. The molecule has 0 aliphatic carbocycles. The minimum absolute atomic E-state index is 0.193. The van der Waals surface area contributed by atoms with Crippen LogP contribution < -0.4 is 10.1 Å². The van der Waals surface area contributed by atoms with Crippen molar-refractivity contribution < 1.29 is 24.2 Å². The molecule has 0 spiro atoms. The second-order valence-corrected chi connectivity index (χ2v) is 6.64. The molecule has 0 radical (unpaired) electrons. The van der Waals surface area contributed by atoms with Crippen LogP contribution in [0.4, 0.5) is 0 Å². The number of hydrogen-bond acceptors (Lipinski definition) is 4. The Morgan fingerprint density at radius 2 is 2.00 bits per heavy atom. The zero-order chi connectivity index (χ0) is 17.3. The van der Waals surface area contributed by atoms with Gasteiger partial charge in [-0.2, -0.15) is 0 Å². The quantitative estimate of drug-likeness (QED) is 0.877. The van der Waals surface area contributed by atoms with Gasteiger partial charge in [-0.15, -0.1) is 0 Å². The summed E-state index contributed by atoms with van der Waals surface area (Å²) >= 11 is 0. The van der Waals surface area contributed by atoms with Gasteiger partial charge in [-0.3, -0.25) is 4.79 Å². The van der Waals surface area contributed by atoms with Gasteiger partial charge in [0.2, 0.25) is 5.91 Å². The van der Waals surface area contributed by atoms with E-state index in [1.807, 2.05) is 26.0 Å². The predicted octanol–water partition coefficient (Wildman–Crippen LogP) is 1.78. The van der Waals surface area contributed by atoms with Crippen molar-refractivity contribution in [3.05, 3.63) is 28.8 Å². The number of hydrogen-bond donors (Lipinski definition) is 2. The van der Waals surface area contributed by atoms with Crippen LogP contribution in [0.1, 0.15) is 35.4 Å². The molecule has 1 amide bonds. The monoisotopic (exact) mass is 333 g/mol. The van der Waals surface area contributed by atoms with Crippen LogP contribution in [0, 0.1) is 19.8 Å². The van der Waals surface area contributed by atoms with Gasteiger partial charge in [0.25, 0.3) is 0 Å². The number of carboxylic acid groups (broad SMARTS) is 1. The van der Waals surface area contributed by atoms with Crippen molar-refractivity contribution in [3.63, 3.8) is 0 Å². The van der Waals surface area contributed by atoms with Gasteiger partial charge in [0.1, 0.15) is 24.3 Å². The Labute approximate surface area is 141 Å². The normalized spacial score (nSPS) is 23.9. The van der Waals surface area contributed by atoms with Crippen LogP contribution in [0.15, 0.2) is 12.1 Å². The van der Waals surface area contributed by atoms with E-state index < -0.39 is 17.9 Å². The number of carboxylic acids is 1. The highest BCUT2D eigenvalue weighted by Crippen LogP contribution is 2.36. The summed E-state index contributed by atoms with van der Waals surface area (Å²) in [7, 11) is 0. The summed E-state index contributed by atoms with van der Waals surface area (Å²) in [6, 6.07) is 2.97. The molecule has 2 aliphatic heterocycles. The fourth-order valence-corrected chi connectivity index (χ4v) is 3.35. The van der Waals surface area contributed by atoms with Crippen LogP contribution in [0.2, 0.25) is 0 Å². The SMILES string of the molecule is Cc1cc2c(cc1C)C(C(=O)NC(C(=O)O)C1CCCOC1)CO2. The summed E-state index contributed by atoms with van der Waals surface area (Å²) in [5.41, 5.74) is 3.03. The van der Waals surface area contributed by atoms with Gasteiger partial charge >= 0.3 is 5.97 Å². The van der Waals surface area contributed by atoms with Crippen molar-refractivity contribution in [1.29, 1.82) is 0 Å². The summed E-state index contributed by atoms with van der Waals surface area (Å²) in [6.07, 6.45) is 1.56. The summed E-state index contributed by atoms with van der Waals surface area (Å²) in [5, 5.41) is 12.2. The summed E-state index contributed by atoms with van der Waals surface area (Å²) in [5.74, 6) is -1.26. The van der Waals surface area contributed by atoms with E-state index in [0.29, 0.717) is 19.0 Å². The van der Waals surface area contributed by atoms with Crippen LogP contribution in [-0.2, 0) is 14.3 Å². The van der Waals surface area contributed by atoms with Gasteiger partial charge in [0, 0.05) is 18.1 Å². The molecule has 0 saturated carbocycles. The van der Waals surface area contributed by atoms with E-state index in [4.69, 9.17) is 9.47 Å². The highest BCUT2D eigenvalue weighted by atomic mass is 16.5. The number of carbonyl (C=O) groups is 2. The Morgan fingerprint density at radius 1 is 1.25 bits per heavy atom. The minimum atomic E-state index is -1.02. The standard InChI is InChI=1S/C18H23NO5/c1-10-6-13-14(9-24-15(13)7-11(10)2)17(20)19-16(18(21)22)12-4-3-5-23-8-12/h6-7,12,14,16H,3-5,8-9H2,1-2H3,(H,19,20)(H,21,22). The zero-order valence-corrected chi connectivity index (χ0v) is 14.0. The first-order valence-electron chi connectivity index (χ1n) is 8.32. The van der Waals surface area contributed by atoms with E-state index in [0.717, 1.165) is 29.5 Å². The third-order valence-electron chi connectivity index (χ3n) is 4.95. The van der Waals surface area contributed by atoms with E-state index in [2.05, 4.69) is 5.32 Å². The van der Waals surface area contributed by atoms with Crippen molar-refractivity contribution in [2.45, 2.75) is 38.6 Å². The largest absolute Gasteiger partial charge is 0.492 e. The fourth-order valence-electron chi connectivity index (χ4n) is 3.35. The molecule has 130 valence electrons. The second kappa shape index (κ2) is 6.81. The third kappa shape index (κ3) is 3.24. The first-order chi connectivity index (χ1) is 11.5. The Morgan fingerprint density at radius 3 is 2.67 bits per heavy atom. The van der Waals surface area contributed by atoms with Gasteiger partial charge in [-0.25, -0.2) is 4.79 Å². The van der Waals surface area contributed by atoms with Gasteiger partial charge in [-0.05, 0) is 43.9 Å². The molecule has 3 rings (SSSR count). The molecule has 6 nitrogen and oxygen atoms in total. The van der Waals surface area contributed by atoms with Crippen molar-refractivity contribution >= 4 is 11.9 Å². The molecular formula is C18H23NO5. The average molecular weight is 333 g/mol. The predicted molar refractivity (Wildman–Crippen MR) is 87.3 cm³/mol. The maximum absolute atomic E-state index is 12.7. The molecular weight excluding hydrogens is 310 g/mol. The van der Waals surface area contributed by atoms with Crippen molar-refractivity contribution in [2.24, 2.45) is 5.92 Å². The Hall–Kier alpha value is -2.08. The van der Waals surface area contributed by atoms with Gasteiger partial charge in [0.15, 0.2) is 0 Å². The smallest absolute Gasteiger partial charge is 0.326 e.